The highest BCUT2D eigenvalue weighted by atomic mass is 16.5. The van der Waals surface area contributed by atoms with Crippen molar-refractivity contribution < 1.29 is 4.74 Å². The average Bonchev–Trinajstić information content (AvgIpc) is 2.74. The summed E-state index contributed by atoms with van der Waals surface area (Å²) in [5.74, 6) is 0. The molecular formula is C11H21N5O. The van der Waals surface area contributed by atoms with E-state index in [2.05, 4.69) is 27.3 Å². The summed E-state index contributed by atoms with van der Waals surface area (Å²) < 4.78 is 5.33. The van der Waals surface area contributed by atoms with E-state index >= 15 is 0 Å². The van der Waals surface area contributed by atoms with Gasteiger partial charge in [0.05, 0.1) is 25.1 Å². The minimum atomic E-state index is 0.454. The number of rotatable bonds is 5. The van der Waals surface area contributed by atoms with E-state index in [4.69, 9.17) is 4.74 Å². The maximum Gasteiger partial charge on any atom is 0.0964 e. The highest BCUT2D eigenvalue weighted by Crippen LogP contribution is 1.99. The van der Waals surface area contributed by atoms with Crippen LogP contribution >= 0.6 is 0 Å². The smallest absolute Gasteiger partial charge is 0.0964 e. The number of morpholine rings is 1. The van der Waals surface area contributed by atoms with Gasteiger partial charge in [-0.1, -0.05) is 0 Å². The number of aryl methyl sites for hydroxylation is 1. The Hall–Kier alpha value is -0.980. The standard InChI is InChI=1S/C11H21N5O/c1-10(9-16-3-5-17-6-4-16)12-7-11-8-13-15(2)14-11/h8,10,12H,3-7,9H2,1-2H3. The van der Waals surface area contributed by atoms with Crippen LogP contribution in [0.4, 0.5) is 0 Å². The molecule has 0 amide bonds. The first kappa shape index (κ1) is 12.5. The Morgan fingerprint density at radius 3 is 2.88 bits per heavy atom. The van der Waals surface area contributed by atoms with Gasteiger partial charge in [-0.05, 0) is 6.92 Å². The molecule has 96 valence electrons. The zero-order valence-electron chi connectivity index (χ0n) is 10.6. The van der Waals surface area contributed by atoms with Gasteiger partial charge in [0.2, 0.25) is 0 Å². The molecule has 1 aliphatic heterocycles. The molecule has 1 fully saturated rings. The molecule has 1 aromatic rings. The van der Waals surface area contributed by atoms with Gasteiger partial charge in [-0.15, -0.1) is 0 Å². The van der Waals surface area contributed by atoms with Crippen molar-refractivity contribution in [2.24, 2.45) is 7.05 Å². The molecule has 0 aliphatic carbocycles. The molecule has 0 aromatic carbocycles. The molecular weight excluding hydrogens is 218 g/mol. The Labute approximate surface area is 102 Å². The molecule has 1 aliphatic rings. The largest absolute Gasteiger partial charge is 0.379 e. The van der Waals surface area contributed by atoms with Crippen molar-refractivity contribution in [3.05, 3.63) is 11.9 Å². The lowest BCUT2D eigenvalue weighted by molar-refractivity contribution is 0.0343. The van der Waals surface area contributed by atoms with E-state index in [-0.39, 0.29) is 0 Å². The molecule has 6 nitrogen and oxygen atoms in total. The van der Waals surface area contributed by atoms with Crippen LogP contribution in [-0.2, 0) is 18.3 Å². The van der Waals surface area contributed by atoms with Crippen LogP contribution in [0.15, 0.2) is 6.20 Å². The number of hydrogen-bond donors (Lipinski definition) is 1. The minimum Gasteiger partial charge on any atom is -0.379 e. The molecule has 1 unspecified atom stereocenters. The monoisotopic (exact) mass is 239 g/mol. The van der Waals surface area contributed by atoms with Crippen molar-refractivity contribution in [2.45, 2.75) is 19.5 Å². The topological polar surface area (TPSA) is 55.2 Å². The van der Waals surface area contributed by atoms with Crippen LogP contribution in [0.3, 0.4) is 0 Å². The van der Waals surface area contributed by atoms with Crippen molar-refractivity contribution >= 4 is 0 Å². The molecule has 17 heavy (non-hydrogen) atoms. The summed E-state index contributed by atoms with van der Waals surface area (Å²) in [6.07, 6.45) is 1.80. The van der Waals surface area contributed by atoms with Crippen LogP contribution in [0.1, 0.15) is 12.6 Å². The molecule has 0 bridgehead atoms. The molecule has 2 rings (SSSR count). The predicted octanol–water partition coefficient (Wildman–Crippen LogP) is -0.375. The SMILES string of the molecule is CC(CN1CCOCC1)NCc1cnn(C)n1. The number of ether oxygens (including phenoxy) is 1. The number of hydrogen-bond acceptors (Lipinski definition) is 5. The van der Waals surface area contributed by atoms with Gasteiger partial charge in [-0.2, -0.15) is 15.0 Å². The van der Waals surface area contributed by atoms with E-state index in [1.807, 2.05) is 7.05 Å². The molecule has 0 saturated carbocycles. The summed E-state index contributed by atoms with van der Waals surface area (Å²) in [6, 6.07) is 0.454. The Bertz CT molecular complexity index is 334. The molecule has 1 saturated heterocycles. The van der Waals surface area contributed by atoms with Gasteiger partial charge in [-0.3, -0.25) is 4.90 Å². The Balaban J connectivity index is 1.68. The summed E-state index contributed by atoms with van der Waals surface area (Å²) in [6.45, 7) is 7.83. The fourth-order valence-electron chi connectivity index (χ4n) is 1.98. The molecule has 1 aromatic heterocycles. The molecule has 2 heterocycles. The summed E-state index contributed by atoms with van der Waals surface area (Å²) >= 11 is 0. The van der Waals surface area contributed by atoms with Gasteiger partial charge in [-0.25, -0.2) is 0 Å². The van der Waals surface area contributed by atoms with Crippen LogP contribution < -0.4 is 5.32 Å². The van der Waals surface area contributed by atoms with Crippen LogP contribution in [0.2, 0.25) is 0 Å². The van der Waals surface area contributed by atoms with E-state index in [0.29, 0.717) is 6.04 Å². The lowest BCUT2D eigenvalue weighted by atomic mass is 10.3. The molecule has 0 radical (unpaired) electrons. The van der Waals surface area contributed by atoms with Gasteiger partial charge < -0.3 is 10.1 Å². The fourth-order valence-corrected chi connectivity index (χ4v) is 1.98. The second-order valence-corrected chi connectivity index (χ2v) is 4.52. The van der Waals surface area contributed by atoms with Crippen molar-refractivity contribution in [2.75, 3.05) is 32.8 Å². The summed E-state index contributed by atoms with van der Waals surface area (Å²) in [7, 11) is 1.83. The highest BCUT2D eigenvalue weighted by Gasteiger charge is 2.13. The second kappa shape index (κ2) is 6.09. The van der Waals surface area contributed by atoms with Crippen molar-refractivity contribution in [3.63, 3.8) is 0 Å². The highest BCUT2D eigenvalue weighted by molar-refractivity contribution is 4.90. The van der Waals surface area contributed by atoms with Crippen molar-refractivity contribution in [3.8, 4) is 0 Å². The van der Waals surface area contributed by atoms with E-state index < -0.39 is 0 Å². The van der Waals surface area contributed by atoms with Gasteiger partial charge in [0.25, 0.3) is 0 Å². The first-order chi connectivity index (χ1) is 8.24. The second-order valence-electron chi connectivity index (χ2n) is 4.52. The van der Waals surface area contributed by atoms with E-state index in [0.717, 1.165) is 45.1 Å². The molecule has 0 spiro atoms. The Kier molecular flexibility index (Phi) is 4.47. The quantitative estimate of drug-likeness (QED) is 0.759. The summed E-state index contributed by atoms with van der Waals surface area (Å²) in [4.78, 5) is 4.02. The number of aromatic nitrogens is 3. The average molecular weight is 239 g/mol. The first-order valence-electron chi connectivity index (χ1n) is 6.13. The van der Waals surface area contributed by atoms with Crippen LogP contribution in [0.25, 0.3) is 0 Å². The van der Waals surface area contributed by atoms with Crippen LogP contribution in [0, 0.1) is 0 Å². The molecule has 1 atom stereocenters. The summed E-state index contributed by atoms with van der Waals surface area (Å²) in [5.41, 5.74) is 0.987. The van der Waals surface area contributed by atoms with Crippen LogP contribution in [0.5, 0.6) is 0 Å². The lowest BCUT2D eigenvalue weighted by Crippen LogP contribution is -2.44. The zero-order valence-corrected chi connectivity index (χ0v) is 10.6. The van der Waals surface area contributed by atoms with Gasteiger partial charge in [0.1, 0.15) is 0 Å². The Morgan fingerprint density at radius 2 is 2.24 bits per heavy atom. The maximum absolute atomic E-state index is 5.33. The maximum atomic E-state index is 5.33. The van der Waals surface area contributed by atoms with Crippen LogP contribution in [-0.4, -0.2) is 58.8 Å². The first-order valence-corrected chi connectivity index (χ1v) is 6.13. The van der Waals surface area contributed by atoms with Gasteiger partial charge in [0.15, 0.2) is 0 Å². The third kappa shape index (κ3) is 4.07. The minimum absolute atomic E-state index is 0.454. The predicted molar refractivity (Wildman–Crippen MR) is 64.6 cm³/mol. The van der Waals surface area contributed by atoms with E-state index in [1.165, 1.54) is 0 Å². The van der Waals surface area contributed by atoms with Gasteiger partial charge >= 0.3 is 0 Å². The Morgan fingerprint density at radius 1 is 1.47 bits per heavy atom. The van der Waals surface area contributed by atoms with Crippen molar-refractivity contribution in [1.29, 1.82) is 0 Å². The van der Waals surface area contributed by atoms with Crippen molar-refractivity contribution in [1.82, 2.24) is 25.2 Å². The van der Waals surface area contributed by atoms with E-state index in [9.17, 15) is 0 Å². The number of nitrogens with one attached hydrogen (secondary N) is 1. The third-order valence-electron chi connectivity index (χ3n) is 2.91. The van der Waals surface area contributed by atoms with E-state index in [1.54, 1.807) is 11.0 Å². The number of nitrogens with zero attached hydrogens (tertiary/aromatic N) is 4. The lowest BCUT2D eigenvalue weighted by Gasteiger charge is -2.29. The fraction of sp³-hybridized carbons (Fsp3) is 0.818. The normalized spacial score (nSPS) is 19.4. The van der Waals surface area contributed by atoms with Gasteiger partial charge in [0, 0.05) is 39.3 Å². The summed E-state index contributed by atoms with van der Waals surface area (Å²) in [5, 5.41) is 11.7. The molecule has 1 N–H and O–H groups in total. The molecule has 6 heteroatoms. The zero-order chi connectivity index (χ0) is 12.1. The third-order valence-corrected chi connectivity index (χ3v) is 2.91.